The van der Waals surface area contributed by atoms with E-state index in [2.05, 4.69) is 4.72 Å². The Morgan fingerprint density at radius 2 is 1.64 bits per heavy atom. The molecule has 78 valence electrons. The summed E-state index contributed by atoms with van der Waals surface area (Å²) < 4.78 is 25.8. The van der Waals surface area contributed by atoms with E-state index in [1.165, 1.54) is 0 Å². The molecule has 0 radical (unpaired) electrons. The van der Waals surface area contributed by atoms with Crippen molar-refractivity contribution >= 4 is 10.0 Å². The highest BCUT2D eigenvalue weighted by atomic mass is 32.2. The van der Waals surface area contributed by atoms with E-state index in [4.69, 9.17) is 0 Å². The highest BCUT2D eigenvalue weighted by Crippen LogP contribution is 2.10. The van der Waals surface area contributed by atoms with Crippen LogP contribution in [0.3, 0.4) is 0 Å². The molecule has 14 heavy (non-hydrogen) atoms. The van der Waals surface area contributed by atoms with Gasteiger partial charge in [0.05, 0.1) is 4.90 Å². The molecule has 0 aliphatic carbocycles. The lowest BCUT2D eigenvalue weighted by atomic mass is 10.2. The molecule has 1 aromatic carbocycles. The van der Waals surface area contributed by atoms with Crippen LogP contribution in [0.5, 0.6) is 0 Å². The van der Waals surface area contributed by atoms with Crippen LogP contribution in [-0.2, 0) is 10.0 Å². The highest BCUT2D eigenvalue weighted by Gasteiger charge is 2.14. The maximum Gasteiger partial charge on any atom is 0.240 e. The minimum absolute atomic E-state index is 0.0821. The quantitative estimate of drug-likeness (QED) is 0.830. The van der Waals surface area contributed by atoms with Crippen molar-refractivity contribution in [2.45, 2.75) is 31.7 Å². The monoisotopic (exact) mass is 213 g/mol. The highest BCUT2D eigenvalue weighted by molar-refractivity contribution is 7.89. The molecule has 0 aromatic heterocycles. The van der Waals surface area contributed by atoms with Gasteiger partial charge in [0, 0.05) is 6.04 Å². The zero-order chi connectivity index (χ0) is 10.8. The Morgan fingerprint density at radius 3 is 2.07 bits per heavy atom. The molecule has 0 aliphatic heterocycles. The van der Waals surface area contributed by atoms with Crippen LogP contribution in [0.2, 0.25) is 0 Å². The van der Waals surface area contributed by atoms with Crippen LogP contribution in [0.1, 0.15) is 19.4 Å². The Labute approximate surface area is 85.2 Å². The van der Waals surface area contributed by atoms with Crippen LogP contribution < -0.4 is 4.72 Å². The Balaban J connectivity index is 2.99. The number of rotatable bonds is 3. The van der Waals surface area contributed by atoms with Crippen LogP contribution in [0.25, 0.3) is 0 Å². The lowest BCUT2D eigenvalue weighted by molar-refractivity contribution is 0.570. The molecule has 0 saturated heterocycles. The second-order valence-electron chi connectivity index (χ2n) is 3.59. The molecule has 0 bridgehead atoms. The Morgan fingerprint density at radius 1 is 1.14 bits per heavy atom. The Bertz CT molecular complexity index is 393. The summed E-state index contributed by atoms with van der Waals surface area (Å²) in [4.78, 5) is 0.316. The Hall–Kier alpha value is -0.870. The van der Waals surface area contributed by atoms with Gasteiger partial charge in [-0.1, -0.05) is 17.7 Å². The van der Waals surface area contributed by atoms with Gasteiger partial charge in [-0.05, 0) is 32.9 Å². The smallest absolute Gasteiger partial charge is 0.209 e. The topological polar surface area (TPSA) is 46.2 Å². The third kappa shape index (κ3) is 2.82. The van der Waals surface area contributed by atoms with Crippen LogP contribution in [-0.4, -0.2) is 14.5 Å². The first-order valence-corrected chi connectivity index (χ1v) is 5.99. The number of hydrogen-bond donors (Lipinski definition) is 1. The lowest BCUT2D eigenvalue weighted by Crippen LogP contribution is -2.30. The molecule has 0 spiro atoms. The fourth-order valence-electron chi connectivity index (χ4n) is 1.10. The zero-order valence-electron chi connectivity index (χ0n) is 8.61. The van der Waals surface area contributed by atoms with Gasteiger partial charge in [-0.2, -0.15) is 0 Å². The molecular formula is C10H15NO2S. The van der Waals surface area contributed by atoms with E-state index in [0.29, 0.717) is 4.90 Å². The summed E-state index contributed by atoms with van der Waals surface area (Å²) in [5.41, 5.74) is 1.05. The van der Waals surface area contributed by atoms with E-state index >= 15 is 0 Å². The first kappa shape index (κ1) is 11.2. The summed E-state index contributed by atoms with van der Waals surface area (Å²) in [5, 5.41) is 0. The number of aryl methyl sites for hydroxylation is 1. The van der Waals surface area contributed by atoms with Crippen molar-refractivity contribution in [2.75, 3.05) is 0 Å². The molecule has 0 aliphatic rings. The minimum Gasteiger partial charge on any atom is -0.209 e. The maximum atomic E-state index is 11.6. The van der Waals surface area contributed by atoms with Crippen molar-refractivity contribution in [3.63, 3.8) is 0 Å². The molecule has 0 unspecified atom stereocenters. The molecule has 0 heterocycles. The Kier molecular flexibility index (Phi) is 3.29. The van der Waals surface area contributed by atoms with E-state index in [1.807, 2.05) is 6.92 Å². The summed E-state index contributed by atoms with van der Waals surface area (Å²) in [5.74, 6) is 0. The third-order valence-electron chi connectivity index (χ3n) is 1.72. The van der Waals surface area contributed by atoms with Crippen molar-refractivity contribution in [3.8, 4) is 0 Å². The second kappa shape index (κ2) is 4.11. The fraction of sp³-hybridized carbons (Fsp3) is 0.400. The molecule has 0 saturated carbocycles. The standard InChI is InChI=1S/C10H15NO2S/c1-8(2)11-14(12,13)10-6-4-9(3)5-7-10/h4-8,11H,1-3H3. The second-order valence-corrected chi connectivity index (χ2v) is 5.30. The molecule has 1 rings (SSSR count). The predicted molar refractivity (Wildman–Crippen MR) is 56.6 cm³/mol. The van der Waals surface area contributed by atoms with Gasteiger partial charge in [-0.3, -0.25) is 0 Å². The third-order valence-corrected chi connectivity index (χ3v) is 3.40. The molecule has 0 fully saturated rings. The molecular weight excluding hydrogens is 198 g/mol. The SMILES string of the molecule is Cc1ccc(S(=O)(=O)NC(C)C)cc1. The molecule has 1 aromatic rings. The average Bonchev–Trinajstić information content (AvgIpc) is 2.02. The van der Waals surface area contributed by atoms with Gasteiger partial charge >= 0.3 is 0 Å². The van der Waals surface area contributed by atoms with Crippen molar-refractivity contribution in [2.24, 2.45) is 0 Å². The van der Waals surface area contributed by atoms with Gasteiger partial charge < -0.3 is 0 Å². The van der Waals surface area contributed by atoms with Gasteiger partial charge in [0.1, 0.15) is 0 Å². The van der Waals surface area contributed by atoms with Crippen LogP contribution in [0.15, 0.2) is 29.2 Å². The van der Waals surface area contributed by atoms with Crippen LogP contribution in [0, 0.1) is 6.92 Å². The number of nitrogens with one attached hydrogen (secondary N) is 1. The van der Waals surface area contributed by atoms with Crippen LogP contribution >= 0.6 is 0 Å². The predicted octanol–water partition coefficient (Wildman–Crippen LogP) is 1.68. The number of sulfonamides is 1. The van der Waals surface area contributed by atoms with Crippen molar-refractivity contribution in [1.29, 1.82) is 0 Å². The average molecular weight is 213 g/mol. The van der Waals surface area contributed by atoms with E-state index in [0.717, 1.165) is 5.56 Å². The maximum absolute atomic E-state index is 11.6. The van der Waals surface area contributed by atoms with Gasteiger partial charge in [0.25, 0.3) is 0 Å². The first-order chi connectivity index (χ1) is 6.42. The van der Waals surface area contributed by atoms with E-state index in [-0.39, 0.29) is 6.04 Å². The van der Waals surface area contributed by atoms with Gasteiger partial charge in [-0.15, -0.1) is 0 Å². The van der Waals surface area contributed by atoms with Crippen molar-refractivity contribution in [1.82, 2.24) is 4.72 Å². The number of hydrogen-bond acceptors (Lipinski definition) is 2. The molecule has 0 atom stereocenters. The van der Waals surface area contributed by atoms with Crippen molar-refractivity contribution in [3.05, 3.63) is 29.8 Å². The summed E-state index contributed by atoms with van der Waals surface area (Å²) in [7, 11) is -3.33. The summed E-state index contributed by atoms with van der Waals surface area (Å²) >= 11 is 0. The molecule has 4 heteroatoms. The van der Waals surface area contributed by atoms with Gasteiger partial charge in [-0.25, -0.2) is 13.1 Å². The van der Waals surface area contributed by atoms with Crippen LogP contribution in [0.4, 0.5) is 0 Å². The van der Waals surface area contributed by atoms with E-state index < -0.39 is 10.0 Å². The molecule has 0 amide bonds. The minimum atomic E-state index is -3.33. The van der Waals surface area contributed by atoms with E-state index in [1.54, 1.807) is 38.1 Å². The zero-order valence-corrected chi connectivity index (χ0v) is 9.43. The largest absolute Gasteiger partial charge is 0.240 e. The van der Waals surface area contributed by atoms with Gasteiger partial charge in [0.15, 0.2) is 0 Å². The summed E-state index contributed by atoms with van der Waals surface area (Å²) in [6.07, 6.45) is 0. The first-order valence-electron chi connectivity index (χ1n) is 4.51. The molecule has 1 N–H and O–H groups in total. The lowest BCUT2D eigenvalue weighted by Gasteiger charge is -2.09. The molecule has 3 nitrogen and oxygen atoms in total. The number of benzene rings is 1. The fourth-order valence-corrected chi connectivity index (χ4v) is 2.35. The van der Waals surface area contributed by atoms with Crippen molar-refractivity contribution < 1.29 is 8.42 Å². The summed E-state index contributed by atoms with van der Waals surface area (Å²) in [6, 6.07) is 6.71. The summed E-state index contributed by atoms with van der Waals surface area (Å²) in [6.45, 7) is 5.52. The van der Waals surface area contributed by atoms with E-state index in [9.17, 15) is 8.42 Å². The normalized spacial score (nSPS) is 12.0. The van der Waals surface area contributed by atoms with Gasteiger partial charge in [0.2, 0.25) is 10.0 Å².